The summed E-state index contributed by atoms with van der Waals surface area (Å²) in [7, 11) is 1.41. The van der Waals surface area contributed by atoms with E-state index >= 15 is 0 Å². The molecule has 84 valence electrons. The molecule has 0 N–H and O–H groups in total. The molecule has 2 rings (SSSR count). The van der Waals surface area contributed by atoms with Crippen LogP contribution in [-0.4, -0.2) is 17.1 Å². The Labute approximate surface area is 97.2 Å². The van der Waals surface area contributed by atoms with Gasteiger partial charge in [0.2, 0.25) is 0 Å². The Bertz CT molecular complexity index is 500. The molecule has 1 heterocycles. The molecule has 0 saturated heterocycles. The molecule has 0 radical (unpaired) electrons. The lowest BCUT2D eigenvalue weighted by atomic mass is 10.2. The number of aromatic nitrogens is 2. The number of hydrogen-bond acceptors (Lipinski definition) is 3. The summed E-state index contributed by atoms with van der Waals surface area (Å²) < 4.78 is 18.3. The molecule has 0 bridgehead atoms. The van der Waals surface area contributed by atoms with Crippen LogP contribution in [0.4, 0.5) is 4.39 Å². The third-order valence-electron chi connectivity index (χ3n) is 2.30. The summed E-state index contributed by atoms with van der Waals surface area (Å²) in [5.41, 5.74) is 1.71. The summed E-state index contributed by atoms with van der Waals surface area (Å²) in [6.07, 6.45) is 0.682. The predicted molar refractivity (Wildman–Crippen MR) is 60.4 cm³/mol. The summed E-state index contributed by atoms with van der Waals surface area (Å²) in [6, 6.07) is 2.79. The van der Waals surface area contributed by atoms with Crippen molar-refractivity contribution in [1.82, 2.24) is 9.97 Å². The molecule has 0 atom stereocenters. The second-order valence-corrected chi connectivity index (χ2v) is 3.65. The topological polar surface area (TPSA) is 35.0 Å². The Kier molecular flexibility index (Phi) is 2.92. The second kappa shape index (κ2) is 4.22. The Morgan fingerprint density at radius 1 is 1.31 bits per heavy atom. The van der Waals surface area contributed by atoms with Gasteiger partial charge in [-0.25, -0.2) is 14.4 Å². The molecule has 0 amide bonds. The monoisotopic (exact) mass is 240 g/mol. The minimum atomic E-state index is -0.468. The van der Waals surface area contributed by atoms with Gasteiger partial charge in [0.15, 0.2) is 16.7 Å². The maximum absolute atomic E-state index is 13.4. The normalized spacial score (nSPS) is 10.8. The van der Waals surface area contributed by atoms with Crippen molar-refractivity contribution in [3.8, 4) is 5.75 Å². The number of ether oxygens (including phenoxy) is 1. The standard InChI is InChI=1S/C11H10ClFN2O/c1-3-7-11(12)15-8-4-6(13)10(16-2)5-9(8)14-7/h4-5H,3H2,1-2H3. The third kappa shape index (κ3) is 1.80. The van der Waals surface area contributed by atoms with Gasteiger partial charge in [-0.1, -0.05) is 18.5 Å². The van der Waals surface area contributed by atoms with Crippen LogP contribution in [-0.2, 0) is 6.42 Å². The SMILES string of the molecule is CCc1nc2cc(OC)c(F)cc2nc1Cl. The summed E-state index contributed by atoms with van der Waals surface area (Å²) >= 11 is 5.90. The van der Waals surface area contributed by atoms with Crippen LogP contribution in [0.5, 0.6) is 5.75 Å². The van der Waals surface area contributed by atoms with E-state index in [9.17, 15) is 4.39 Å². The molecule has 0 fully saturated rings. The number of nitrogens with zero attached hydrogens (tertiary/aromatic N) is 2. The fourth-order valence-corrected chi connectivity index (χ4v) is 1.72. The van der Waals surface area contributed by atoms with Gasteiger partial charge in [0.05, 0.1) is 23.8 Å². The van der Waals surface area contributed by atoms with Gasteiger partial charge >= 0.3 is 0 Å². The van der Waals surface area contributed by atoms with Crippen LogP contribution in [0.1, 0.15) is 12.6 Å². The molecule has 2 aromatic rings. The fraction of sp³-hybridized carbons (Fsp3) is 0.273. The number of methoxy groups -OCH3 is 1. The minimum Gasteiger partial charge on any atom is -0.494 e. The van der Waals surface area contributed by atoms with E-state index in [2.05, 4.69) is 9.97 Å². The molecule has 0 unspecified atom stereocenters. The number of fused-ring (bicyclic) bond motifs is 1. The van der Waals surface area contributed by atoms with Crippen LogP contribution >= 0.6 is 11.6 Å². The summed E-state index contributed by atoms with van der Waals surface area (Å²) in [6.45, 7) is 1.93. The zero-order valence-electron chi connectivity index (χ0n) is 8.92. The maximum atomic E-state index is 13.4. The van der Waals surface area contributed by atoms with Crippen LogP contribution in [0, 0.1) is 5.82 Å². The smallest absolute Gasteiger partial charge is 0.167 e. The molecule has 0 aliphatic rings. The zero-order valence-corrected chi connectivity index (χ0v) is 9.68. The third-order valence-corrected chi connectivity index (χ3v) is 2.60. The predicted octanol–water partition coefficient (Wildman–Crippen LogP) is 2.99. The van der Waals surface area contributed by atoms with Crippen molar-refractivity contribution < 1.29 is 9.13 Å². The number of aryl methyl sites for hydroxylation is 1. The molecule has 5 heteroatoms. The number of hydrogen-bond donors (Lipinski definition) is 0. The van der Waals surface area contributed by atoms with E-state index in [1.54, 1.807) is 0 Å². The van der Waals surface area contributed by atoms with Gasteiger partial charge in [0.25, 0.3) is 0 Å². The first-order valence-corrected chi connectivity index (χ1v) is 5.23. The van der Waals surface area contributed by atoms with Crippen LogP contribution in [0.15, 0.2) is 12.1 Å². The molecule has 0 aliphatic carbocycles. The van der Waals surface area contributed by atoms with Crippen LogP contribution in [0.3, 0.4) is 0 Å². The summed E-state index contributed by atoms with van der Waals surface area (Å²) in [5, 5.41) is 0.319. The van der Waals surface area contributed by atoms with Crippen LogP contribution < -0.4 is 4.74 Å². The van der Waals surface area contributed by atoms with Crippen molar-refractivity contribution in [1.29, 1.82) is 0 Å². The van der Waals surface area contributed by atoms with Crippen molar-refractivity contribution in [3.63, 3.8) is 0 Å². The average Bonchev–Trinajstić information content (AvgIpc) is 2.27. The molecular formula is C11H10ClFN2O. The van der Waals surface area contributed by atoms with E-state index in [0.717, 1.165) is 0 Å². The summed E-state index contributed by atoms with van der Waals surface area (Å²) in [4.78, 5) is 8.39. The molecule has 16 heavy (non-hydrogen) atoms. The Morgan fingerprint density at radius 2 is 2.00 bits per heavy atom. The van der Waals surface area contributed by atoms with E-state index in [-0.39, 0.29) is 5.75 Å². The average molecular weight is 241 g/mol. The molecule has 0 saturated carbocycles. The zero-order chi connectivity index (χ0) is 11.7. The molecule has 0 aliphatic heterocycles. The van der Waals surface area contributed by atoms with Crippen molar-refractivity contribution in [3.05, 3.63) is 28.8 Å². The van der Waals surface area contributed by atoms with Crippen molar-refractivity contribution in [2.45, 2.75) is 13.3 Å². The van der Waals surface area contributed by atoms with Crippen LogP contribution in [0.2, 0.25) is 5.15 Å². The van der Waals surface area contributed by atoms with Gasteiger partial charge < -0.3 is 4.74 Å². The van der Waals surface area contributed by atoms with Gasteiger partial charge in [-0.15, -0.1) is 0 Å². The molecule has 1 aromatic carbocycles. The molecule has 0 spiro atoms. The summed E-state index contributed by atoms with van der Waals surface area (Å²) in [5.74, 6) is -0.309. The first kappa shape index (κ1) is 11.1. The van der Waals surface area contributed by atoms with Gasteiger partial charge in [-0.3, -0.25) is 0 Å². The highest BCUT2D eigenvalue weighted by Gasteiger charge is 2.10. The highest BCUT2D eigenvalue weighted by molar-refractivity contribution is 6.30. The molecule has 1 aromatic heterocycles. The Morgan fingerprint density at radius 3 is 2.62 bits per heavy atom. The fourth-order valence-electron chi connectivity index (χ4n) is 1.45. The van der Waals surface area contributed by atoms with Crippen molar-refractivity contribution in [2.24, 2.45) is 0 Å². The van der Waals surface area contributed by atoms with Gasteiger partial charge in [-0.05, 0) is 6.42 Å². The highest BCUT2D eigenvalue weighted by Crippen LogP contribution is 2.24. The van der Waals surface area contributed by atoms with Crippen molar-refractivity contribution >= 4 is 22.6 Å². The molecule has 3 nitrogen and oxygen atoms in total. The first-order chi connectivity index (χ1) is 7.65. The lowest BCUT2D eigenvalue weighted by Crippen LogP contribution is -1.96. The van der Waals surface area contributed by atoms with Crippen LogP contribution in [0.25, 0.3) is 11.0 Å². The Balaban J connectivity index is 2.71. The number of halogens is 2. The lowest BCUT2D eigenvalue weighted by molar-refractivity contribution is 0.387. The second-order valence-electron chi connectivity index (χ2n) is 3.29. The lowest BCUT2D eigenvalue weighted by Gasteiger charge is -2.06. The van der Waals surface area contributed by atoms with E-state index in [0.29, 0.717) is 28.3 Å². The van der Waals surface area contributed by atoms with Gasteiger partial charge in [0.1, 0.15) is 0 Å². The van der Waals surface area contributed by atoms with Gasteiger partial charge in [0, 0.05) is 12.1 Å². The Hall–Kier alpha value is -1.42. The first-order valence-electron chi connectivity index (χ1n) is 4.85. The minimum absolute atomic E-state index is 0.158. The largest absolute Gasteiger partial charge is 0.494 e. The highest BCUT2D eigenvalue weighted by atomic mass is 35.5. The number of rotatable bonds is 2. The van der Waals surface area contributed by atoms with E-state index in [4.69, 9.17) is 16.3 Å². The quantitative estimate of drug-likeness (QED) is 0.810. The van der Waals surface area contributed by atoms with E-state index in [1.165, 1.54) is 19.2 Å². The molecular weight excluding hydrogens is 231 g/mol. The van der Waals surface area contributed by atoms with Gasteiger partial charge in [-0.2, -0.15) is 0 Å². The van der Waals surface area contributed by atoms with Crippen molar-refractivity contribution in [2.75, 3.05) is 7.11 Å². The number of benzene rings is 1. The maximum Gasteiger partial charge on any atom is 0.167 e. The van der Waals surface area contributed by atoms with E-state index < -0.39 is 5.82 Å². The van der Waals surface area contributed by atoms with E-state index in [1.807, 2.05) is 6.92 Å².